The summed E-state index contributed by atoms with van der Waals surface area (Å²) in [4.78, 5) is 5.94. The highest BCUT2D eigenvalue weighted by Crippen LogP contribution is 2.39. The molecule has 2 atom stereocenters. The Kier molecular flexibility index (Phi) is 6.60. The molecule has 0 aromatic heterocycles. The van der Waals surface area contributed by atoms with Crippen LogP contribution in [0, 0.1) is 5.92 Å². The van der Waals surface area contributed by atoms with Crippen LogP contribution in [0.15, 0.2) is 35.5 Å². The Balaban J connectivity index is 2.32. The molecular formula is C19H31NO3Si. The van der Waals surface area contributed by atoms with Crippen molar-refractivity contribution in [2.75, 3.05) is 6.61 Å². The first-order chi connectivity index (χ1) is 11.4. The van der Waals surface area contributed by atoms with Crippen molar-refractivity contribution < 1.29 is 14.0 Å². The van der Waals surface area contributed by atoms with E-state index in [0.29, 0.717) is 6.61 Å². The topological polar surface area (TPSA) is 40.0 Å². The summed E-state index contributed by atoms with van der Waals surface area (Å²) in [6.45, 7) is 11.2. The lowest BCUT2D eigenvalue weighted by atomic mass is 9.90. The zero-order chi connectivity index (χ0) is 17.6. The van der Waals surface area contributed by atoms with E-state index in [9.17, 15) is 0 Å². The van der Waals surface area contributed by atoms with Crippen LogP contribution in [0.1, 0.15) is 45.1 Å². The average molecular weight is 350 g/mol. The van der Waals surface area contributed by atoms with Gasteiger partial charge in [0.25, 0.3) is 0 Å². The van der Waals surface area contributed by atoms with E-state index in [1.165, 1.54) is 0 Å². The van der Waals surface area contributed by atoms with Crippen molar-refractivity contribution in [3.05, 3.63) is 35.9 Å². The second-order valence-electron chi connectivity index (χ2n) is 7.29. The van der Waals surface area contributed by atoms with Crippen molar-refractivity contribution in [2.45, 2.75) is 65.1 Å². The second kappa shape index (κ2) is 8.27. The van der Waals surface area contributed by atoms with E-state index in [0.717, 1.165) is 37.0 Å². The number of hydrogen-bond acceptors (Lipinski definition) is 4. The van der Waals surface area contributed by atoms with Gasteiger partial charge in [-0.3, -0.25) is 0 Å². The van der Waals surface area contributed by atoms with Crippen molar-refractivity contribution in [2.24, 2.45) is 11.1 Å². The van der Waals surface area contributed by atoms with Crippen LogP contribution in [0.2, 0.25) is 19.6 Å². The quantitative estimate of drug-likeness (QED) is 0.481. The van der Waals surface area contributed by atoms with E-state index in [1.807, 2.05) is 25.1 Å². The number of benzene rings is 1. The molecule has 1 aliphatic rings. The number of unbranched alkanes of at least 4 members (excludes halogenated alkanes) is 1. The van der Waals surface area contributed by atoms with Gasteiger partial charge in [-0.05, 0) is 38.5 Å². The molecule has 24 heavy (non-hydrogen) atoms. The van der Waals surface area contributed by atoms with E-state index >= 15 is 0 Å². The molecule has 0 fully saturated rings. The molecule has 0 N–H and O–H groups in total. The summed E-state index contributed by atoms with van der Waals surface area (Å²) in [6.07, 6.45) is 4.09. The molecule has 1 aromatic carbocycles. The molecule has 0 radical (unpaired) electrons. The summed E-state index contributed by atoms with van der Waals surface area (Å²) in [6, 6.07) is 10.2. The van der Waals surface area contributed by atoms with Crippen molar-refractivity contribution in [3.8, 4) is 0 Å². The van der Waals surface area contributed by atoms with Gasteiger partial charge in [-0.2, -0.15) is 0 Å². The Morgan fingerprint density at radius 3 is 2.50 bits per heavy atom. The summed E-state index contributed by atoms with van der Waals surface area (Å²) in [5.74, 6) is -0.885. The first-order valence-corrected chi connectivity index (χ1v) is 12.5. The third kappa shape index (κ3) is 4.91. The largest absolute Gasteiger partial charge is 0.358 e. The van der Waals surface area contributed by atoms with Gasteiger partial charge in [0.2, 0.25) is 0 Å². The van der Waals surface area contributed by atoms with Crippen molar-refractivity contribution in [1.82, 2.24) is 0 Å². The SMILES string of the molecule is CCCCC1CC(c2ccccc2)=NOC1(OCC)O[Si](C)(C)C. The fraction of sp³-hybridized carbons (Fsp3) is 0.632. The maximum Gasteiger partial charge on any atom is 0.344 e. The highest BCUT2D eigenvalue weighted by atomic mass is 28.4. The minimum atomic E-state index is -1.86. The Morgan fingerprint density at radius 1 is 1.21 bits per heavy atom. The highest BCUT2D eigenvalue weighted by molar-refractivity contribution is 6.69. The lowest BCUT2D eigenvalue weighted by Gasteiger charge is -2.43. The third-order valence-corrected chi connectivity index (χ3v) is 4.93. The zero-order valence-electron chi connectivity index (χ0n) is 15.7. The molecule has 0 saturated carbocycles. The molecule has 0 amide bonds. The average Bonchev–Trinajstić information content (AvgIpc) is 2.53. The van der Waals surface area contributed by atoms with Gasteiger partial charge >= 0.3 is 5.97 Å². The van der Waals surface area contributed by atoms with E-state index < -0.39 is 14.3 Å². The van der Waals surface area contributed by atoms with Crippen LogP contribution in [0.5, 0.6) is 0 Å². The summed E-state index contributed by atoms with van der Waals surface area (Å²) < 4.78 is 12.4. The number of ether oxygens (including phenoxy) is 1. The van der Waals surface area contributed by atoms with Gasteiger partial charge in [-0.25, -0.2) is 0 Å². The minimum absolute atomic E-state index is 0.150. The summed E-state index contributed by atoms with van der Waals surface area (Å²) in [7, 11) is -1.86. The summed E-state index contributed by atoms with van der Waals surface area (Å²) in [5.41, 5.74) is 2.09. The van der Waals surface area contributed by atoms with Crippen LogP contribution < -0.4 is 0 Å². The molecule has 0 saturated heterocycles. The molecule has 0 bridgehead atoms. The molecular weight excluding hydrogens is 318 g/mol. The first-order valence-electron chi connectivity index (χ1n) is 9.04. The lowest BCUT2D eigenvalue weighted by Crippen LogP contribution is -2.53. The number of oxime groups is 1. The van der Waals surface area contributed by atoms with E-state index in [1.54, 1.807) is 0 Å². The molecule has 1 heterocycles. The zero-order valence-corrected chi connectivity index (χ0v) is 16.7. The maximum absolute atomic E-state index is 6.39. The highest BCUT2D eigenvalue weighted by Gasteiger charge is 2.49. The maximum atomic E-state index is 6.39. The molecule has 1 aliphatic heterocycles. The van der Waals surface area contributed by atoms with Crippen molar-refractivity contribution in [1.29, 1.82) is 0 Å². The van der Waals surface area contributed by atoms with Crippen LogP contribution in [0.3, 0.4) is 0 Å². The molecule has 5 heteroatoms. The number of nitrogens with zero attached hydrogens (tertiary/aromatic N) is 1. The second-order valence-corrected chi connectivity index (χ2v) is 11.7. The van der Waals surface area contributed by atoms with Gasteiger partial charge in [0.15, 0.2) is 8.32 Å². The smallest absolute Gasteiger partial charge is 0.344 e. The predicted octanol–water partition coefficient (Wildman–Crippen LogP) is 5.16. The van der Waals surface area contributed by atoms with Gasteiger partial charge < -0.3 is 14.0 Å². The molecule has 1 aromatic rings. The molecule has 0 spiro atoms. The molecule has 4 nitrogen and oxygen atoms in total. The summed E-state index contributed by atoms with van der Waals surface area (Å²) >= 11 is 0. The monoisotopic (exact) mass is 349 g/mol. The third-order valence-electron chi connectivity index (χ3n) is 4.03. The first kappa shape index (κ1) is 19.2. The van der Waals surface area contributed by atoms with Crippen LogP contribution in [-0.4, -0.2) is 26.6 Å². The lowest BCUT2D eigenvalue weighted by molar-refractivity contribution is -0.379. The van der Waals surface area contributed by atoms with E-state index in [2.05, 4.69) is 43.9 Å². The molecule has 134 valence electrons. The Labute approximate surface area is 147 Å². The Hall–Kier alpha value is -1.17. The fourth-order valence-corrected chi connectivity index (χ4v) is 4.14. The van der Waals surface area contributed by atoms with E-state index in [-0.39, 0.29) is 5.92 Å². The Morgan fingerprint density at radius 2 is 1.92 bits per heavy atom. The molecule has 2 unspecified atom stereocenters. The van der Waals surface area contributed by atoms with Gasteiger partial charge in [-0.1, -0.05) is 55.3 Å². The number of rotatable bonds is 8. The van der Waals surface area contributed by atoms with Crippen molar-refractivity contribution >= 4 is 14.0 Å². The predicted molar refractivity (Wildman–Crippen MR) is 100 cm³/mol. The normalized spacial score (nSPS) is 24.4. The van der Waals surface area contributed by atoms with Gasteiger partial charge in [0, 0.05) is 6.42 Å². The van der Waals surface area contributed by atoms with Crippen molar-refractivity contribution in [3.63, 3.8) is 0 Å². The standard InChI is InChI=1S/C19H31NO3Si/c1-6-8-14-17-15-18(16-12-10-9-11-13-16)20-22-19(17,21-7-2)23-24(3,4)5/h9-13,17H,6-8,14-15H2,1-5H3. The van der Waals surface area contributed by atoms with Crippen LogP contribution in [0.25, 0.3) is 0 Å². The summed E-state index contributed by atoms with van der Waals surface area (Å²) in [5, 5.41) is 4.40. The van der Waals surface area contributed by atoms with Crippen LogP contribution in [-0.2, 0) is 14.0 Å². The van der Waals surface area contributed by atoms with Gasteiger partial charge in [0.05, 0.1) is 18.2 Å². The van der Waals surface area contributed by atoms with Crippen LogP contribution in [0.4, 0.5) is 0 Å². The molecule has 0 aliphatic carbocycles. The van der Waals surface area contributed by atoms with E-state index in [4.69, 9.17) is 14.0 Å². The van der Waals surface area contributed by atoms with Gasteiger partial charge in [-0.15, -0.1) is 0 Å². The van der Waals surface area contributed by atoms with Crippen LogP contribution >= 0.6 is 0 Å². The van der Waals surface area contributed by atoms with Gasteiger partial charge in [0.1, 0.15) is 0 Å². The molecule has 2 rings (SSSR count). The number of hydrogen-bond donors (Lipinski definition) is 0. The minimum Gasteiger partial charge on any atom is -0.358 e. The fourth-order valence-electron chi connectivity index (χ4n) is 3.02. The Bertz CT molecular complexity index is 541.